The maximum atomic E-state index is 12.2. The number of hydrogen-bond acceptors (Lipinski definition) is 8. The van der Waals surface area contributed by atoms with Gasteiger partial charge in [0.1, 0.15) is 17.5 Å². The fourth-order valence-corrected chi connectivity index (χ4v) is 3.67. The Morgan fingerprint density at radius 2 is 2.23 bits per heavy atom. The quantitative estimate of drug-likeness (QED) is 0.617. The molecule has 1 saturated carbocycles. The largest absolute Gasteiger partial charge is 0.367 e. The topological polar surface area (TPSA) is 139 Å². The fraction of sp³-hybridized carbons (Fsp3) is 0.333. The summed E-state index contributed by atoms with van der Waals surface area (Å²) in [6.07, 6.45) is 5.82. The first-order valence-corrected chi connectivity index (χ1v) is 9.96. The molecule has 31 heavy (non-hydrogen) atoms. The zero-order valence-corrected chi connectivity index (χ0v) is 16.9. The van der Waals surface area contributed by atoms with Crippen molar-refractivity contribution in [3.63, 3.8) is 0 Å². The Labute approximate surface area is 177 Å². The molecule has 1 aliphatic rings. The Morgan fingerprint density at radius 3 is 2.94 bits per heavy atom. The van der Waals surface area contributed by atoms with Gasteiger partial charge in [-0.05, 0) is 50.3 Å². The van der Waals surface area contributed by atoms with E-state index in [1.54, 1.807) is 31.3 Å². The molecule has 1 amide bonds. The second kappa shape index (κ2) is 8.79. The van der Waals surface area contributed by atoms with E-state index >= 15 is 0 Å². The van der Waals surface area contributed by atoms with Gasteiger partial charge in [0.05, 0.1) is 17.6 Å². The molecule has 0 aromatic carbocycles. The molecular weight excluding hydrogens is 398 g/mol. The van der Waals surface area contributed by atoms with Crippen LogP contribution < -0.4 is 16.2 Å². The zero-order chi connectivity index (χ0) is 21.8. The minimum atomic E-state index is -0.478. The SMILES string of the molecule is Cc1cc(C(=O)NC[C@H]2CC[C@@H](Nc3ccc(-n4nccc(C#N)c4=O)cn3)C2)on1. The molecule has 0 saturated heterocycles. The summed E-state index contributed by atoms with van der Waals surface area (Å²) in [5, 5.41) is 23.0. The summed E-state index contributed by atoms with van der Waals surface area (Å²) < 4.78 is 6.13. The van der Waals surface area contributed by atoms with Crippen molar-refractivity contribution in [2.45, 2.75) is 32.2 Å². The minimum Gasteiger partial charge on any atom is -0.367 e. The van der Waals surface area contributed by atoms with E-state index in [1.165, 1.54) is 12.3 Å². The minimum absolute atomic E-state index is 0.0275. The van der Waals surface area contributed by atoms with Gasteiger partial charge in [-0.15, -0.1) is 0 Å². The molecule has 0 unspecified atom stereocenters. The molecule has 3 heterocycles. The molecule has 3 aromatic heterocycles. The summed E-state index contributed by atoms with van der Waals surface area (Å²) in [6.45, 7) is 2.35. The van der Waals surface area contributed by atoms with Crippen LogP contribution in [0.3, 0.4) is 0 Å². The van der Waals surface area contributed by atoms with Crippen LogP contribution >= 0.6 is 0 Å². The number of amides is 1. The van der Waals surface area contributed by atoms with Gasteiger partial charge in [-0.1, -0.05) is 5.16 Å². The molecule has 1 fully saturated rings. The summed E-state index contributed by atoms with van der Waals surface area (Å²) in [4.78, 5) is 28.7. The Hall–Kier alpha value is -4.00. The third kappa shape index (κ3) is 4.61. The van der Waals surface area contributed by atoms with Crippen molar-refractivity contribution in [1.82, 2.24) is 25.2 Å². The zero-order valence-electron chi connectivity index (χ0n) is 16.9. The maximum Gasteiger partial charge on any atom is 0.289 e. The Kier molecular flexibility index (Phi) is 5.75. The van der Waals surface area contributed by atoms with Crippen molar-refractivity contribution in [3.8, 4) is 11.8 Å². The van der Waals surface area contributed by atoms with Crippen LogP contribution in [0.4, 0.5) is 5.82 Å². The summed E-state index contributed by atoms with van der Waals surface area (Å²) in [6, 6.07) is 8.61. The number of carbonyl (C=O) groups is 1. The highest BCUT2D eigenvalue weighted by Gasteiger charge is 2.25. The predicted octanol–water partition coefficient (Wildman–Crippen LogP) is 1.81. The second-order valence-electron chi connectivity index (χ2n) is 7.54. The van der Waals surface area contributed by atoms with Crippen molar-refractivity contribution in [2.75, 3.05) is 11.9 Å². The van der Waals surface area contributed by atoms with Crippen LogP contribution in [0.1, 0.15) is 41.1 Å². The molecule has 10 heteroatoms. The lowest BCUT2D eigenvalue weighted by atomic mass is 10.1. The molecular formula is C21H21N7O3. The average Bonchev–Trinajstić information content (AvgIpc) is 3.42. The monoisotopic (exact) mass is 419 g/mol. The highest BCUT2D eigenvalue weighted by Crippen LogP contribution is 2.27. The molecule has 2 N–H and O–H groups in total. The Morgan fingerprint density at radius 1 is 1.35 bits per heavy atom. The van der Waals surface area contributed by atoms with Crippen LogP contribution in [0, 0.1) is 24.2 Å². The van der Waals surface area contributed by atoms with Crippen molar-refractivity contribution in [3.05, 3.63) is 64.0 Å². The van der Waals surface area contributed by atoms with Gasteiger partial charge < -0.3 is 15.2 Å². The smallest absolute Gasteiger partial charge is 0.289 e. The summed E-state index contributed by atoms with van der Waals surface area (Å²) in [7, 11) is 0. The highest BCUT2D eigenvalue weighted by molar-refractivity contribution is 5.91. The fourth-order valence-electron chi connectivity index (χ4n) is 3.67. The van der Waals surface area contributed by atoms with Crippen molar-refractivity contribution >= 4 is 11.7 Å². The molecule has 2 atom stereocenters. The normalized spacial score (nSPS) is 17.8. The first-order valence-electron chi connectivity index (χ1n) is 9.96. The van der Waals surface area contributed by atoms with Gasteiger partial charge in [0.2, 0.25) is 5.76 Å². The number of pyridine rings is 1. The van der Waals surface area contributed by atoms with Gasteiger partial charge in [-0.3, -0.25) is 9.59 Å². The van der Waals surface area contributed by atoms with Gasteiger partial charge >= 0.3 is 0 Å². The molecule has 0 spiro atoms. The average molecular weight is 419 g/mol. The van der Waals surface area contributed by atoms with Crippen LogP contribution in [0.25, 0.3) is 5.69 Å². The van der Waals surface area contributed by atoms with Crippen molar-refractivity contribution in [1.29, 1.82) is 5.26 Å². The lowest BCUT2D eigenvalue weighted by Gasteiger charge is -2.14. The number of nitrogens with zero attached hydrogens (tertiary/aromatic N) is 5. The van der Waals surface area contributed by atoms with E-state index in [2.05, 4.69) is 25.9 Å². The van der Waals surface area contributed by atoms with Gasteiger partial charge in [-0.25, -0.2) is 4.98 Å². The van der Waals surface area contributed by atoms with E-state index in [4.69, 9.17) is 9.78 Å². The number of nitrogens with one attached hydrogen (secondary N) is 2. The summed E-state index contributed by atoms with van der Waals surface area (Å²) in [5.41, 5.74) is 0.711. The predicted molar refractivity (Wildman–Crippen MR) is 111 cm³/mol. The van der Waals surface area contributed by atoms with Crippen LogP contribution in [0.15, 0.2) is 46.0 Å². The number of rotatable bonds is 6. The molecule has 1 aliphatic carbocycles. The first-order chi connectivity index (χ1) is 15.0. The van der Waals surface area contributed by atoms with E-state index in [0.29, 0.717) is 29.7 Å². The standard InChI is InChI=1S/C21H21N7O3/c1-13-8-18(31-27-13)20(29)24-11-14-2-3-16(9-14)26-19-5-4-17(12-23-19)28-21(30)15(10-22)6-7-25-28/h4-8,12,14,16H,2-3,9,11H2,1H3,(H,23,26)(H,24,29)/t14-,16+/m0/s1. The molecule has 0 radical (unpaired) electrons. The highest BCUT2D eigenvalue weighted by atomic mass is 16.5. The lowest BCUT2D eigenvalue weighted by Crippen LogP contribution is -2.28. The Bertz CT molecular complexity index is 1180. The number of aryl methyl sites for hydroxylation is 1. The number of aromatic nitrogens is 4. The van der Waals surface area contributed by atoms with Crippen molar-refractivity contribution < 1.29 is 9.32 Å². The number of nitriles is 1. The second-order valence-corrected chi connectivity index (χ2v) is 7.54. The number of hydrogen-bond donors (Lipinski definition) is 2. The van der Waals surface area contributed by atoms with Gasteiger partial charge in [0.15, 0.2) is 0 Å². The molecule has 0 aliphatic heterocycles. The Balaban J connectivity index is 1.31. The van der Waals surface area contributed by atoms with Gasteiger partial charge in [-0.2, -0.15) is 15.0 Å². The first kappa shape index (κ1) is 20.3. The summed E-state index contributed by atoms with van der Waals surface area (Å²) >= 11 is 0. The van der Waals surface area contributed by atoms with Crippen LogP contribution in [-0.2, 0) is 0 Å². The van der Waals surface area contributed by atoms with Gasteiger partial charge in [0.25, 0.3) is 11.5 Å². The maximum absolute atomic E-state index is 12.2. The van der Waals surface area contributed by atoms with Crippen LogP contribution in [-0.4, -0.2) is 38.4 Å². The van der Waals surface area contributed by atoms with E-state index in [9.17, 15) is 9.59 Å². The van der Waals surface area contributed by atoms with E-state index in [0.717, 1.165) is 23.9 Å². The van der Waals surface area contributed by atoms with Crippen LogP contribution in [0.2, 0.25) is 0 Å². The number of anilines is 1. The number of carbonyl (C=O) groups excluding carboxylic acids is 1. The molecule has 3 aromatic rings. The van der Waals surface area contributed by atoms with E-state index in [1.807, 2.05) is 6.07 Å². The lowest BCUT2D eigenvalue weighted by molar-refractivity contribution is 0.0910. The van der Waals surface area contributed by atoms with E-state index in [-0.39, 0.29) is 23.3 Å². The summed E-state index contributed by atoms with van der Waals surface area (Å²) in [5.74, 6) is 1.03. The van der Waals surface area contributed by atoms with Crippen molar-refractivity contribution in [2.24, 2.45) is 5.92 Å². The third-order valence-corrected chi connectivity index (χ3v) is 5.26. The molecule has 10 nitrogen and oxygen atoms in total. The molecule has 0 bridgehead atoms. The van der Waals surface area contributed by atoms with E-state index < -0.39 is 5.56 Å². The molecule has 4 rings (SSSR count). The molecule has 158 valence electrons. The van der Waals surface area contributed by atoms with Gasteiger partial charge in [0, 0.05) is 24.8 Å². The third-order valence-electron chi connectivity index (χ3n) is 5.26. The van der Waals surface area contributed by atoms with Crippen LogP contribution in [0.5, 0.6) is 0 Å².